The molecule has 2 heterocycles. The topological polar surface area (TPSA) is 79.4 Å². The van der Waals surface area contributed by atoms with Crippen LogP contribution in [0.25, 0.3) is 22.6 Å². The number of carbonyl (C=O) groups excluding carboxylic acids is 1. The Morgan fingerprint density at radius 3 is 2.88 bits per heavy atom. The number of likely N-dealkylation sites (tertiary alicyclic amines) is 1. The fraction of sp³-hybridized carbons (Fsp3) is 0.423. The van der Waals surface area contributed by atoms with Gasteiger partial charge in [0.2, 0.25) is 5.89 Å². The first-order valence-corrected chi connectivity index (χ1v) is 12.6. The second-order valence-corrected chi connectivity index (χ2v) is 11.2. The summed E-state index contributed by atoms with van der Waals surface area (Å²) in [5.74, 6) is 0.136. The molecule has 2 aromatic carbocycles. The van der Waals surface area contributed by atoms with Crippen molar-refractivity contribution >= 4 is 44.6 Å². The van der Waals surface area contributed by atoms with E-state index in [1.54, 1.807) is 0 Å². The standard InChI is InChI=1S/C26H25BrClN3O3/c1-26(2,3)34-25(32)14-9-10-31(13-14)21-8-7-15-17(21)11-20-23(18(15)12-29)33-24(30-20)16-5-4-6-19(27)22(16)28/h4-6,11,14,21H,7-10,13H2,1-3H3/t14-,21?/m1/s1. The van der Waals surface area contributed by atoms with Crippen molar-refractivity contribution in [2.45, 2.75) is 51.7 Å². The van der Waals surface area contributed by atoms with Crippen molar-refractivity contribution in [1.82, 2.24) is 9.88 Å². The van der Waals surface area contributed by atoms with Crippen LogP contribution in [0.4, 0.5) is 0 Å². The number of nitrogens with zero attached hydrogens (tertiary/aromatic N) is 3. The summed E-state index contributed by atoms with van der Waals surface area (Å²) in [5.41, 5.74) is 4.00. The van der Waals surface area contributed by atoms with Gasteiger partial charge in [0.1, 0.15) is 22.8 Å². The van der Waals surface area contributed by atoms with Crippen molar-refractivity contribution in [2.75, 3.05) is 13.1 Å². The molecule has 176 valence electrons. The third kappa shape index (κ3) is 4.13. The molecular weight excluding hydrogens is 518 g/mol. The number of hydrogen-bond donors (Lipinski definition) is 0. The number of rotatable bonds is 3. The summed E-state index contributed by atoms with van der Waals surface area (Å²) < 4.78 is 12.4. The van der Waals surface area contributed by atoms with Gasteiger partial charge in [-0.15, -0.1) is 0 Å². The second kappa shape index (κ2) is 8.67. The van der Waals surface area contributed by atoms with E-state index in [9.17, 15) is 10.1 Å². The Hall–Kier alpha value is -2.40. The second-order valence-electron chi connectivity index (χ2n) is 9.97. The Balaban J connectivity index is 1.48. The van der Waals surface area contributed by atoms with Gasteiger partial charge in [-0.05, 0) is 91.8 Å². The molecule has 1 fully saturated rings. The van der Waals surface area contributed by atoms with E-state index in [2.05, 4.69) is 26.9 Å². The van der Waals surface area contributed by atoms with Crippen molar-refractivity contribution < 1.29 is 13.9 Å². The molecule has 0 radical (unpaired) electrons. The van der Waals surface area contributed by atoms with Crippen LogP contribution in [0, 0.1) is 17.2 Å². The molecule has 0 N–H and O–H groups in total. The molecule has 1 aromatic heterocycles. The van der Waals surface area contributed by atoms with E-state index in [0.29, 0.717) is 39.7 Å². The summed E-state index contributed by atoms with van der Waals surface area (Å²) in [5, 5.41) is 10.5. The van der Waals surface area contributed by atoms with Crippen LogP contribution in [0.5, 0.6) is 0 Å². The van der Waals surface area contributed by atoms with Crippen LogP contribution < -0.4 is 0 Å². The lowest BCUT2D eigenvalue weighted by molar-refractivity contribution is -0.159. The number of esters is 1. The Bertz CT molecular complexity index is 1340. The minimum Gasteiger partial charge on any atom is -0.460 e. The molecule has 2 aliphatic rings. The first-order valence-electron chi connectivity index (χ1n) is 11.4. The highest BCUT2D eigenvalue weighted by Gasteiger charge is 2.39. The summed E-state index contributed by atoms with van der Waals surface area (Å²) in [6.07, 6.45) is 2.48. The van der Waals surface area contributed by atoms with Crippen LogP contribution in [0.2, 0.25) is 5.02 Å². The molecule has 0 saturated carbocycles. The van der Waals surface area contributed by atoms with Crippen LogP contribution >= 0.6 is 27.5 Å². The zero-order valence-corrected chi connectivity index (χ0v) is 21.7. The fourth-order valence-corrected chi connectivity index (χ4v) is 5.63. The number of oxazole rings is 1. The Morgan fingerprint density at radius 1 is 1.35 bits per heavy atom. The Morgan fingerprint density at radius 2 is 2.15 bits per heavy atom. The summed E-state index contributed by atoms with van der Waals surface area (Å²) in [4.78, 5) is 19.6. The lowest BCUT2D eigenvalue weighted by atomic mass is 10.0. The molecule has 8 heteroatoms. The third-order valence-electron chi connectivity index (χ3n) is 6.54. The van der Waals surface area contributed by atoms with E-state index in [0.717, 1.165) is 41.4 Å². The Kier molecular flexibility index (Phi) is 5.96. The zero-order valence-electron chi connectivity index (χ0n) is 19.3. The molecule has 1 saturated heterocycles. The summed E-state index contributed by atoms with van der Waals surface area (Å²) >= 11 is 9.91. The van der Waals surface area contributed by atoms with Gasteiger partial charge in [0.05, 0.1) is 16.5 Å². The molecule has 0 amide bonds. The van der Waals surface area contributed by atoms with Gasteiger partial charge < -0.3 is 9.15 Å². The van der Waals surface area contributed by atoms with E-state index in [-0.39, 0.29) is 17.9 Å². The molecule has 3 aromatic rings. The maximum absolute atomic E-state index is 12.6. The van der Waals surface area contributed by atoms with Gasteiger partial charge in [-0.2, -0.15) is 5.26 Å². The molecule has 0 spiro atoms. The minimum atomic E-state index is -0.486. The zero-order chi connectivity index (χ0) is 24.2. The highest BCUT2D eigenvalue weighted by Crippen LogP contribution is 2.44. The van der Waals surface area contributed by atoms with Crippen LogP contribution in [-0.2, 0) is 16.0 Å². The predicted octanol–water partition coefficient (Wildman–Crippen LogP) is 6.43. The van der Waals surface area contributed by atoms with Gasteiger partial charge in [0, 0.05) is 17.1 Å². The normalized spacial score (nSPS) is 20.5. The number of halogens is 2. The number of nitriles is 1. The van der Waals surface area contributed by atoms with Crippen molar-refractivity contribution in [2.24, 2.45) is 5.92 Å². The lowest BCUT2D eigenvalue weighted by Crippen LogP contribution is -2.31. The van der Waals surface area contributed by atoms with Crippen LogP contribution in [0.15, 0.2) is 33.2 Å². The summed E-state index contributed by atoms with van der Waals surface area (Å²) in [7, 11) is 0. The maximum Gasteiger partial charge on any atom is 0.310 e. The molecule has 0 bridgehead atoms. The molecule has 2 atom stereocenters. The van der Waals surface area contributed by atoms with Crippen molar-refractivity contribution in [3.63, 3.8) is 0 Å². The van der Waals surface area contributed by atoms with E-state index < -0.39 is 5.60 Å². The van der Waals surface area contributed by atoms with Gasteiger partial charge in [0.15, 0.2) is 5.58 Å². The van der Waals surface area contributed by atoms with E-state index in [1.807, 2.05) is 45.0 Å². The number of aromatic nitrogens is 1. The van der Waals surface area contributed by atoms with Crippen molar-refractivity contribution in [3.05, 3.63) is 50.5 Å². The van der Waals surface area contributed by atoms with Crippen LogP contribution in [0.3, 0.4) is 0 Å². The summed E-state index contributed by atoms with van der Waals surface area (Å²) in [6.45, 7) is 7.18. The average molecular weight is 543 g/mol. The monoisotopic (exact) mass is 541 g/mol. The molecule has 1 aliphatic heterocycles. The highest BCUT2D eigenvalue weighted by molar-refractivity contribution is 9.10. The Labute approximate surface area is 212 Å². The average Bonchev–Trinajstić information content (AvgIpc) is 3.50. The van der Waals surface area contributed by atoms with E-state index in [1.165, 1.54) is 0 Å². The number of fused-ring (bicyclic) bond motifs is 2. The molecule has 1 aliphatic carbocycles. The van der Waals surface area contributed by atoms with E-state index >= 15 is 0 Å². The van der Waals surface area contributed by atoms with Gasteiger partial charge in [-0.1, -0.05) is 17.7 Å². The lowest BCUT2D eigenvalue weighted by Gasteiger charge is -2.25. The number of ether oxygens (including phenoxy) is 1. The predicted molar refractivity (Wildman–Crippen MR) is 133 cm³/mol. The SMILES string of the molecule is CC(C)(C)OC(=O)[C@@H]1CCN(C2CCc3c2cc2nc(-c4cccc(Br)c4Cl)oc2c3C#N)C1. The smallest absolute Gasteiger partial charge is 0.310 e. The number of hydrogen-bond acceptors (Lipinski definition) is 6. The molecular formula is C26H25BrClN3O3. The number of benzene rings is 2. The first-order chi connectivity index (χ1) is 16.2. The molecule has 34 heavy (non-hydrogen) atoms. The van der Waals surface area contributed by atoms with Crippen molar-refractivity contribution in [1.29, 1.82) is 5.26 Å². The largest absolute Gasteiger partial charge is 0.460 e. The van der Waals surface area contributed by atoms with Gasteiger partial charge in [0.25, 0.3) is 0 Å². The van der Waals surface area contributed by atoms with Crippen LogP contribution in [0.1, 0.15) is 56.3 Å². The maximum atomic E-state index is 12.6. The molecule has 6 nitrogen and oxygen atoms in total. The van der Waals surface area contributed by atoms with Gasteiger partial charge in [-0.25, -0.2) is 4.98 Å². The number of carbonyl (C=O) groups is 1. The quantitative estimate of drug-likeness (QED) is 0.355. The third-order valence-corrected chi connectivity index (χ3v) is 7.84. The molecule has 1 unspecified atom stereocenters. The molecule has 5 rings (SSSR count). The van der Waals surface area contributed by atoms with Gasteiger partial charge >= 0.3 is 5.97 Å². The van der Waals surface area contributed by atoms with Gasteiger partial charge in [-0.3, -0.25) is 9.69 Å². The highest BCUT2D eigenvalue weighted by atomic mass is 79.9. The van der Waals surface area contributed by atoms with E-state index in [4.69, 9.17) is 25.7 Å². The fourth-order valence-electron chi connectivity index (χ4n) is 5.06. The first kappa shape index (κ1) is 23.3. The van der Waals surface area contributed by atoms with Crippen molar-refractivity contribution in [3.8, 4) is 17.5 Å². The summed E-state index contributed by atoms with van der Waals surface area (Å²) in [6, 6.07) is 10.1. The minimum absolute atomic E-state index is 0.125. The van der Waals surface area contributed by atoms with Crippen LogP contribution in [-0.4, -0.2) is 34.5 Å².